The van der Waals surface area contributed by atoms with Gasteiger partial charge in [0.05, 0.1) is 24.5 Å². The van der Waals surface area contributed by atoms with Crippen molar-refractivity contribution in [2.75, 3.05) is 49.1 Å². The lowest BCUT2D eigenvalue weighted by atomic mass is 9.70. The fourth-order valence-corrected chi connectivity index (χ4v) is 8.18. The molecule has 1 aromatic rings. The predicted molar refractivity (Wildman–Crippen MR) is 184 cm³/mol. The molecule has 0 aliphatic carbocycles. The maximum Gasteiger partial charge on any atom is 0.312 e. The highest BCUT2D eigenvalue weighted by molar-refractivity contribution is 9.09. The second-order valence-electron chi connectivity index (χ2n) is 12.4. The molecule has 0 aromatic heterocycles. The van der Waals surface area contributed by atoms with Crippen LogP contribution in [0.1, 0.15) is 52.9 Å². The monoisotopic (exact) mass is 716 g/mol. The highest BCUT2D eigenvalue weighted by Crippen LogP contribution is 2.60. The summed E-state index contributed by atoms with van der Waals surface area (Å²) in [6.07, 6.45) is 4.13. The summed E-state index contributed by atoms with van der Waals surface area (Å²) in [6, 6.07) is 6.76. The van der Waals surface area contributed by atoms with Crippen molar-refractivity contribution in [3.8, 4) is 0 Å². The second-order valence-corrected chi connectivity index (χ2v) is 13.6. The third-order valence-electron chi connectivity index (χ3n) is 9.45. The maximum absolute atomic E-state index is 14.7. The molecule has 3 fully saturated rings. The molecule has 2 N–H and O–H groups in total. The molecule has 258 valence electrons. The summed E-state index contributed by atoms with van der Waals surface area (Å²) in [6.45, 7) is 15.6. The zero-order valence-electron chi connectivity index (χ0n) is 27.7. The zero-order valence-corrected chi connectivity index (χ0v) is 29.3. The number of carbonyl (C=O) groups is 4. The molecule has 1 aromatic carbocycles. The Bertz CT molecular complexity index is 1310. The van der Waals surface area contributed by atoms with Crippen LogP contribution < -0.4 is 15.1 Å². The van der Waals surface area contributed by atoms with Gasteiger partial charge in [0, 0.05) is 55.4 Å². The number of alkyl halides is 1. The van der Waals surface area contributed by atoms with Crippen LogP contribution in [0.4, 0.5) is 11.4 Å². The summed E-state index contributed by atoms with van der Waals surface area (Å²) in [5.74, 6) is -3.25. The number of carbonyl (C=O) groups excluding carboxylic acids is 4. The Labute approximate surface area is 286 Å². The van der Waals surface area contributed by atoms with Crippen LogP contribution in [0.15, 0.2) is 49.6 Å². The van der Waals surface area contributed by atoms with Gasteiger partial charge in [-0.15, -0.1) is 13.2 Å². The number of amides is 3. The van der Waals surface area contributed by atoms with Gasteiger partial charge in [0.15, 0.2) is 0 Å². The van der Waals surface area contributed by atoms with Gasteiger partial charge in [-0.1, -0.05) is 28.1 Å². The topological polar surface area (TPSA) is 129 Å². The number of rotatable bonds is 18. The number of benzene rings is 1. The van der Waals surface area contributed by atoms with Gasteiger partial charge in [-0.25, -0.2) is 0 Å². The molecule has 3 saturated heterocycles. The molecule has 0 saturated carbocycles. The van der Waals surface area contributed by atoms with Crippen LogP contribution in [0.25, 0.3) is 0 Å². The molecule has 4 rings (SSSR count). The number of fused-ring (bicyclic) bond motifs is 1. The molecule has 3 amide bonds. The number of allylic oxidation sites excluding steroid dienone is 1. The zero-order chi connectivity index (χ0) is 34.3. The van der Waals surface area contributed by atoms with Gasteiger partial charge in [0.25, 0.3) is 5.91 Å². The quantitative estimate of drug-likeness (QED) is 0.102. The molecule has 0 radical (unpaired) electrons. The summed E-state index contributed by atoms with van der Waals surface area (Å²) < 4.78 is 12.4. The average molecular weight is 718 g/mol. The molecule has 3 heterocycles. The molecular formula is C35H49BrN4O7. The number of likely N-dealkylation sites (tertiary alicyclic amines) is 1. The van der Waals surface area contributed by atoms with Crippen molar-refractivity contribution in [1.82, 2.24) is 10.2 Å². The summed E-state index contributed by atoms with van der Waals surface area (Å²) in [7, 11) is 0. The minimum absolute atomic E-state index is 0.0459. The Morgan fingerprint density at radius 2 is 1.85 bits per heavy atom. The van der Waals surface area contributed by atoms with Crippen molar-refractivity contribution >= 4 is 51.0 Å². The van der Waals surface area contributed by atoms with Crippen molar-refractivity contribution in [3.05, 3.63) is 49.6 Å². The van der Waals surface area contributed by atoms with E-state index in [1.807, 2.05) is 24.3 Å². The smallest absolute Gasteiger partial charge is 0.312 e. The first-order valence-electron chi connectivity index (χ1n) is 16.7. The molecule has 1 spiro atoms. The summed E-state index contributed by atoms with van der Waals surface area (Å²) in [5, 5.41) is 12.3. The lowest BCUT2D eigenvalue weighted by Crippen LogP contribution is -2.57. The lowest BCUT2D eigenvalue weighted by Gasteiger charge is -2.37. The van der Waals surface area contributed by atoms with E-state index in [1.54, 1.807) is 28.9 Å². The molecule has 2 bridgehead atoms. The number of nitrogens with one attached hydrogen (secondary N) is 1. The number of unbranched alkanes of at least 4 members (excludes halogenated alkanes) is 1. The predicted octanol–water partition coefficient (Wildman–Crippen LogP) is 3.59. The van der Waals surface area contributed by atoms with E-state index in [4.69, 9.17) is 9.47 Å². The summed E-state index contributed by atoms with van der Waals surface area (Å²) in [5.41, 5.74) is 0.451. The van der Waals surface area contributed by atoms with Gasteiger partial charge in [-0.2, -0.15) is 0 Å². The molecular weight excluding hydrogens is 668 g/mol. The Hall–Kier alpha value is -3.22. The van der Waals surface area contributed by atoms with Crippen molar-refractivity contribution < 1.29 is 33.8 Å². The molecule has 7 atom stereocenters. The van der Waals surface area contributed by atoms with Crippen molar-refractivity contribution in [3.63, 3.8) is 0 Å². The van der Waals surface area contributed by atoms with Crippen LogP contribution in [-0.2, 0) is 28.7 Å². The van der Waals surface area contributed by atoms with E-state index in [0.717, 1.165) is 18.8 Å². The number of aliphatic hydroxyl groups excluding tert-OH is 1. The maximum atomic E-state index is 14.7. The Balaban J connectivity index is 1.63. The van der Waals surface area contributed by atoms with Crippen LogP contribution in [-0.4, -0.2) is 102 Å². The number of anilines is 2. The van der Waals surface area contributed by atoms with E-state index in [9.17, 15) is 24.3 Å². The van der Waals surface area contributed by atoms with Gasteiger partial charge < -0.3 is 34.6 Å². The molecule has 3 aliphatic heterocycles. The third-order valence-corrected chi connectivity index (χ3v) is 10.3. The number of aliphatic hydroxyl groups is 1. The van der Waals surface area contributed by atoms with Gasteiger partial charge in [-0.3, -0.25) is 19.2 Å². The van der Waals surface area contributed by atoms with Gasteiger partial charge in [0.2, 0.25) is 11.8 Å². The molecule has 47 heavy (non-hydrogen) atoms. The van der Waals surface area contributed by atoms with Crippen LogP contribution in [0, 0.1) is 11.8 Å². The first-order chi connectivity index (χ1) is 22.6. The van der Waals surface area contributed by atoms with Crippen LogP contribution in [0.5, 0.6) is 0 Å². The van der Waals surface area contributed by atoms with E-state index in [-0.39, 0.29) is 55.2 Å². The minimum atomic E-state index is -1.25. The van der Waals surface area contributed by atoms with Gasteiger partial charge in [0.1, 0.15) is 17.7 Å². The normalized spacial score (nSPS) is 26.4. The second kappa shape index (κ2) is 16.3. The largest absolute Gasteiger partial charge is 0.460 e. The number of nitrogens with zero attached hydrogens (tertiary/aromatic N) is 3. The Morgan fingerprint density at radius 3 is 2.47 bits per heavy atom. The summed E-state index contributed by atoms with van der Waals surface area (Å²) in [4.78, 5) is 60.0. The number of hydrogen-bond donors (Lipinski definition) is 2. The first-order valence-corrected chi connectivity index (χ1v) is 17.6. The fraction of sp³-hybridized carbons (Fsp3) is 0.600. The Kier molecular flexibility index (Phi) is 12.7. The van der Waals surface area contributed by atoms with Crippen LogP contribution in [0.3, 0.4) is 0 Å². The van der Waals surface area contributed by atoms with Gasteiger partial charge >= 0.3 is 5.97 Å². The number of hydrogen-bond acceptors (Lipinski definition) is 8. The highest BCUT2D eigenvalue weighted by Gasteiger charge is 2.77. The number of esters is 1. The third kappa shape index (κ3) is 7.44. The number of halogens is 1. The summed E-state index contributed by atoms with van der Waals surface area (Å²) >= 11 is 3.70. The lowest BCUT2D eigenvalue weighted by molar-refractivity contribution is -0.159. The van der Waals surface area contributed by atoms with Crippen molar-refractivity contribution in [1.29, 1.82) is 0 Å². The average Bonchev–Trinajstić information content (AvgIpc) is 3.65. The van der Waals surface area contributed by atoms with Gasteiger partial charge in [-0.05, 0) is 70.7 Å². The highest BCUT2D eigenvalue weighted by atomic mass is 79.9. The van der Waals surface area contributed by atoms with Crippen LogP contribution >= 0.6 is 15.9 Å². The van der Waals surface area contributed by atoms with E-state index in [0.29, 0.717) is 31.4 Å². The van der Waals surface area contributed by atoms with Crippen molar-refractivity contribution in [2.45, 2.75) is 81.6 Å². The van der Waals surface area contributed by atoms with Crippen LogP contribution in [0.2, 0.25) is 0 Å². The number of ether oxygens (including phenoxy) is 2. The van der Waals surface area contributed by atoms with E-state index in [1.165, 1.54) is 0 Å². The first kappa shape index (κ1) is 36.6. The molecule has 12 heteroatoms. The standard InChI is InChI=1S/C35H49BrN4O7/c1-6-10-13-27(42)37-22-23(5)46-34(45)28-29-32(43)40(19-11-12-20-41)31(35(29)21-26(36)30(28)47-35)33(44)39(18-7-2)25-16-14-24(15-17-25)38(8-3)9-4/h6-7,14-17,23,26,28-31,41H,1-2,8-13,18-22H2,3-5H3,(H,37,42)/t23-,26?,28+,29-,30+,31+,35-/m0/s1. The van der Waals surface area contributed by atoms with E-state index >= 15 is 0 Å². The van der Waals surface area contributed by atoms with E-state index < -0.39 is 41.7 Å². The van der Waals surface area contributed by atoms with E-state index in [2.05, 4.69) is 53.2 Å². The molecule has 3 aliphatic rings. The molecule has 1 unspecified atom stereocenters. The minimum Gasteiger partial charge on any atom is -0.460 e. The Morgan fingerprint density at radius 1 is 1.17 bits per heavy atom. The fourth-order valence-electron chi connectivity index (χ4n) is 7.24. The van der Waals surface area contributed by atoms with Crippen molar-refractivity contribution in [2.24, 2.45) is 11.8 Å². The molecule has 11 nitrogen and oxygen atoms in total. The SMILES string of the molecule is C=CCCC(=O)NC[C@H](C)OC(=O)[C@H]1[C@@H]2O[C@@]3(CC2Br)[C@@H]1C(=O)N(CCCCO)[C@@H]3C(=O)N(CC=C)c1ccc(N(CC)CC)cc1.